The molecule has 142 valence electrons. The molecule has 0 radical (unpaired) electrons. The minimum atomic E-state index is -0.260. The van der Waals surface area contributed by atoms with E-state index in [4.69, 9.17) is 0 Å². The summed E-state index contributed by atoms with van der Waals surface area (Å²) in [5.41, 5.74) is 1.64. The highest BCUT2D eigenvalue weighted by molar-refractivity contribution is 7.20. The van der Waals surface area contributed by atoms with E-state index in [0.29, 0.717) is 26.1 Å². The first kappa shape index (κ1) is 17.9. The van der Waals surface area contributed by atoms with E-state index in [1.165, 1.54) is 23.5 Å². The molecule has 1 aromatic carbocycles. The van der Waals surface area contributed by atoms with Crippen LogP contribution in [-0.2, 0) is 4.79 Å². The van der Waals surface area contributed by atoms with Gasteiger partial charge in [0.2, 0.25) is 16.0 Å². The second-order valence-electron chi connectivity index (χ2n) is 6.47. The third kappa shape index (κ3) is 3.79. The van der Waals surface area contributed by atoms with Crippen LogP contribution in [0.1, 0.15) is 6.42 Å². The van der Waals surface area contributed by atoms with Crippen LogP contribution < -0.4 is 10.2 Å². The maximum atomic E-state index is 13.1. The number of hydrogen-bond donors (Lipinski definition) is 1. The number of carbonyl (C=O) groups excluding carboxylic acids is 1. The van der Waals surface area contributed by atoms with Crippen molar-refractivity contribution in [1.29, 1.82) is 0 Å². The van der Waals surface area contributed by atoms with Crippen LogP contribution in [0, 0.1) is 5.82 Å². The quantitative estimate of drug-likeness (QED) is 0.723. The summed E-state index contributed by atoms with van der Waals surface area (Å²) in [6, 6.07) is 6.29. The van der Waals surface area contributed by atoms with Gasteiger partial charge in [-0.25, -0.2) is 13.9 Å². The van der Waals surface area contributed by atoms with Crippen molar-refractivity contribution in [3.63, 3.8) is 0 Å². The van der Waals surface area contributed by atoms with Gasteiger partial charge in [-0.1, -0.05) is 11.3 Å². The van der Waals surface area contributed by atoms with Crippen molar-refractivity contribution >= 4 is 27.3 Å². The highest BCUT2D eigenvalue weighted by Crippen LogP contribution is 2.27. The summed E-state index contributed by atoms with van der Waals surface area (Å²) in [5, 5.41) is 8.55. The van der Waals surface area contributed by atoms with Crippen LogP contribution in [-0.4, -0.2) is 65.2 Å². The number of anilines is 1. The van der Waals surface area contributed by atoms with Gasteiger partial charge in [0.05, 0.1) is 11.9 Å². The number of fused-ring (bicyclic) bond motifs is 1. The lowest BCUT2D eigenvalue weighted by molar-refractivity contribution is -0.131. The minimum absolute atomic E-state index is 0.196. The van der Waals surface area contributed by atoms with Gasteiger partial charge in [0, 0.05) is 44.7 Å². The predicted molar refractivity (Wildman–Crippen MR) is 104 cm³/mol. The third-order valence-electron chi connectivity index (χ3n) is 4.66. The van der Waals surface area contributed by atoms with Crippen LogP contribution in [0.4, 0.5) is 9.52 Å². The monoisotopic (exact) mass is 388 g/mol. The summed E-state index contributed by atoms with van der Waals surface area (Å²) < 4.78 is 14.8. The minimum Gasteiger partial charge on any atom is -0.343 e. The molecule has 9 heteroatoms. The molecule has 0 atom stereocenters. The van der Waals surface area contributed by atoms with Crippen molar-refractivity contribution in [2.75, 3.05) is 44.7 Å². The van der Waals surface area contributed by atoms with Crippen LogP contribution in [0.15, 0.2) is 30.5 Å². The molecular formula is C18H21FN6OS. The van der Waals surface area contributed by atoms with Crippen molar-refractivity contribution in [1.82, 2.24) is 24.8 Å². The maximum absolute atomic E-state index is 13.1. The Morgan fingerprint density at radius 3 is 2.63 bits per heavy atom. The first-order chi connectivity index (χ1) is 13.1. The van der Waals surface area contributed by atoms with Gasteiger partial charge in [-0.05, 0) is 31.3 Å². The number of hydrogen-bond acceptors (Lipinski definition) is 6. The van der Waals surface area contributed by atoms with Gasteiger partial charge in [0.15, 0.2) is 0 Å². The van der Waals surface area contributed by atoms with E-state index in [2.05, 4.69) is 20.3 Å². The Morgan fingerprint density at radius 2 is 1.96 bits per heavy atom. The van der Waals surface area contributed by atoms with Crippen LogP contribution in [0.25, 0.3) is 16.2 Å². The molecule has 3 aromatic rings. The molecule has 1 saturated heterocycles. The van der Waals surface area contributed by atoms with E-state index >= 15 is 0 Å². The molecule has 1 N–H and O–H groups in total. The van der Waals surface area contributed by atoms with Gasteiger partial charge in [-0.3, -0.25) is 4.79 Å². The summed E-state index contributed by atoms with van der Waals surface area (Å²) in [5.74, 6) is -0.0642. The van der Waals surface area contributed by atoms with Crippen LogP contribution >= 0.6 is 11.3 Å². The summed E-state index contributed by atoms with van der Waals surface area (Å²) in [4.78, 5) is 21.6. The van der Waals surface area contributed by atoms with Crippen LogP contribution in [0.3, 0.4) is 0 Å². The van der Waals surface area contributed by atoms with Crippen molar-refractivity contribution in [2.24, 2.45) is 0 Å². The first-order valence-corrected chi connectivity index (χ1v) is 9.75. The predicted octanol–water partition coefficient (Wildman–Crippen LogP) is 1.86. The largest absolute Gasteiger partial charge is 0.343 e. The summed E-state index contributed by atoms with van der Waals surface area (Å²) in [6.07, 6.45) is 2.40. The lowest BCUT2D eigenvalue weighted by Crippen LogP contribution is -2.49. The number of benzene rings is 1. The Hall–Kier alpha value is -2.52. The van der Waals surface area contributed by atoms with Crippen molar-refractivity contribution in [3.05, 3.63) is 36.3 Å². The first-order valence-electron chi connectivity index (χ1n) is 8.93. The molecule has 0 bridgehead atoms. The number of nitrogens with zero attached hydrogens (tertiary/aromatic N) is 5. The van der Waals surface area contributed by atoms with E-state index in [0.717, 1.165) is 34.4 Å². The van der Waals surface area contributed by atoms with E-state index in [1.807, 2.05) is 18.1 Å². The van der Waals surface area contributed by atoms with Crippen molar-refractivity contribution < 1.29 is 9.18 Å². The number of rotatable bonds is 5. The average molecular weight is 388 g/mol. The zero-order valence-electron chi connectivity index (χ0n) is 15.1. The van der Waals surface area contributed by atoms with Gasteiger partial charge in [0.1, 0.15) is 5.82 Å². The molecule has 27 heavy (non-hydrogen) atoms. The Labute approximate surface area is 160 Å². The Morgan fingerprint density at radius 1 is 1.22 bits per heavy atom. The number of piperazine rings is 1. The van der Waals surface area contributed by atoms with E-state index in [9.17, 15) is 9.18 Å². The Balaban J connectivity index is 1.42. The Bertz CT molecular complexity index is 898. The SMILES string of the molecule is CNCCC(=O)N1CCN(c2nn3cc(-c4ccc(F)cc4)nc3s2)CC1. The summed E-state index contributed by atoms with van der Waals surface area (Å²) in [7, 11) is 1.85. The molecule has 1 fully saturated rings. The standard InChI is InChI=1S/C18H21FN6OS/c1-20-7-6-16(26)23-8-10-24(11-9-23)18-22-25-12-15(21-17(25)27-18)13-2-4-14(19)5-3-13/h2-5,12,20H,6-11H2,1H3. The average Bonchev–Trinajstić information content (AvgIpc) is 3.26. The molecule has 0 saturated carbocycles. The summed E-state index contributed by atoms with van der Waals surface area (Å²) >= 11 is 1.53. The molecule has 3 heterocycles. The number of aromatic nitrogens is 3. The highest BCUT2D eigenvalue weighted by atomic mass is 32.1. The smallest absolute Gasteiger partial charge is 0.223 e. The molecule has 0 spiro atoms. The fourth-order valence-corrected chi connectivity index (χ4v) is 4.05. The lowest BCUT2D eigenvalue weighted by atomic mass is 10.2. The zero-order chi connectivity index (χ0) is 18.8. The molecule has 1 amide bonds. The normalized spacial score (nSPS) is 14.9. The molecule has 1 aliphatic heterocycles. The van der Waals surface area contributed by atoms with Gasteiger partial charge in [-0.2, -0.15) is 0 Å². The topological polar surface area (TPSA) is 65.8 Å². The fourth-order valence-electron chi connectivity index (χ4n) is 3.11. The van der Waals surface area contributed by atoms with Gasteiger partial charge < -0.3 is 15.1 Å². The Kier molecular flexibility index (Phi) is 5.04. The molecule has 0 aliphatic carbocycles. The number of amides is 1. The van der Waals surface area contributed by atoms with E-state index in [1.54, 1.807) is 16.6 Å². The van der Waals surface area contributed by atoms with Gasteiger partial charge >= 0.3 is 0 Å². The maximum Gasteiger partial charge on any atom is 0.223 e. The highest BCUT2D eigenvalue weighted by Gasteiger charge is 2.23. The lowest BCUT2D eigenvalue weighted by Gasteiger charge is -2.34. The fraction of sp³-hybridized carbons (Fsp3) is 0.389. The second kappa shape index (κ2) is 7.61. The number of carbonyl (C=O) groups is 1. The molecular weight excluding hydrogens is 367 g/mol. The van der Waals surface area contributed by atoms with Crippen LogP contribution in [0.2, 0.25) is 0 Å². The summed E-state index contributed by atoms with van der Waals surface area (Å²) in [6.45, 7) is 3.68. The third-order valence-corrected chi connectivity index (χ3v) is 5.65. The number of halogens is 1. The molecule has 2 aromatic heterocycles. The van der Waals surface area contributed by atoms with Crippen LogP contribution in [0.5, 0.6) is 0 Å². The molecule has 7 nitrogen and oxygen atoms in total. The molecule has 1 aliphatic rings. The molecule has 4 rings (SSSR count). The van der Waals surface area contributed by atoms with Gasteiger partial charge in [0.25, 0.3) is 0 Å². The molecule has 0 unspecified atom stereocenters. The van der Waals surface area contributed by atoms with Crippen molar-refractivity contribution in [3.8, 4) is 11.3 Å². The number of nitrogens with one attached hydrogen (secondary N) is 1. The second-order valence-corrected chi connectivity index (χ2v) is 7.40. The van der Waals surface area contributed by atoms with E-state index in [-0.39, 0.29) is 11.7 Å². The zero-order valence-corrected chi connectivity index (χ0v) is 15.9. The number of imidazole rings is 1. The van der Waals surface area contributed by atoms with Gasteiger partial charge in [-0.15, -0.1) is 5.10 Å². The van der Waals surface area contributed by atoms with E-state index < -0.39 is 0 Å². The van der Waals surface area contributed by atoms with Crippen molar-refractivity contribution in [2.45, 2.75) is 6.42 Å².